The van der Waals surface area contributed by atoms with Gasteiger partial charge < -0.3 is 9.26 Å². The van der Waals surface area contributed by atoms with E-state index in [-0.39, 0.29) is 31.1 Å². The first-order valence-corrected chi connectivity index (χ1v) is 13.0. The van der Waals surface area contributed by atoms with Gasteiger partial charge in [-0.05, 0) is 41.3 Å². The summed E-state index contributed by atoms with van der Waals surface area (Å²) in [5.41, 5.74) is 3.39. The number of hydrogen-bond acceptors (Lipinski definition) is 6. The van der Waals surface area contributed by atoms with Gasteiger partial charge in [0.1, 0.15) is 17.9 Å². The van der Waals surface area contributed by atoms with Gasteiger partial charge in [-0.2, -0.15) is 0 Å². The molecule has 0 atom stereocenters. The van der Waals surface area contributed by atoms with E-state index in [1.165, 1.54) is 0 Å². The molecule has 0 N–H and O–H groups in total. The molecule has 36 heavy (non-hydrogen) atoms. The first-order valence-electron chi connectivity index (χ1n) is 11.5. The number of hydrogen-bond donors (Lipinski definition) is 0. The third kappa shape index (κ3) is 7.40. The molecule has 0 radical (unpaired) electrons. The standard InChI is InChI=1S/C29H27O6P/c1-23-17-18-27(29(30)32-20-24-11-5-2-6-12-24)28(19-23)35-36(31,33-21-25-13-7-3-8-14-25)34-22-26-15-9-4-10-16-26/h2-19H,20-22H2,1H3. The van der Waals surface area contributed by atoms with Gasteiger partial charge in [-0.25, -0.2) is 9.36 Å². The molecular formula is C29H27O6P. The first-order chi connectivity index (χ1) is 17.5. The molecule has 0 unspecified atom stereocenters. The Morgan fingerprint density at radius 2 is 1.14 bits per heavy atom. The molecule has 4 aromatic carbocycles. The summed E-state index contributed by atoms with van der Waals surface area (Å²) in [6.45, 7) is 1.95. The van der Waals surface area contributed by atoms with Gasteiger partial charge in [0.15, 0.2) is 0 Å². The van der Waals surface area contributed by atoms with E-state index in [2.05, 4.69) is 0 Å². The topological polar surface area (TPSA) is 71.1 Å². The van der Waals surface area contributed by atoms with E-state index in [0.717, 1.165) is 22.3 Å². The molecule has 0 aromatic heterocycles. The fourth-order valence-corrected chi connectivity index (χ4v) is 4.53. The maximum Gasteiger partial charge on any atom is 0.530 e. The van der Waals surface area contributed by atoms with Gasteiger partial charge in [-0.15, -0.1) is 0 Å². The van der Waals surface area contributed by atoms with Gasteiger partial charge in [0.2, 0.25) is 0 Å². The summed E-state index contributed by atoms with van der Waals surface area (Å²) >= 11 is 0. The summed E-state index contributed by atoms with van der Waals surface area (Å²) < 4.78 is 36.5. The van der Waals surface area contributed by atoms with Crippen molar-refractivity contribution in [2.24, 2.45) is 0 Å². The Bertz CT molecular complexity index is 1260. The average Bonchev–Trinajstić information content (AvgIpc) is 2.91. The maximum absolute atomic E-state index is 13.8. The zero-order valence-corrected chi connectivity index (χ0v) is 20.8. The molecule has 7 heteroatoms. The highest BCUT2D eigenvalue weighted by molar-refractivity contribution is 7.48. The van der Waals surface area contributed by atoms with Crippen molar-refractivity contribution in [3.05, 3.63) is 137 Å². The van der Waals surface area contributed by atoms with E-state index in [1.54, 1.807) is 18.2 Å². The van der Waals surface area contributed by atoms with Crippen molar-refractivity contribution >= 4 is 13.8 Å². The van der Waals surface area contributed by atoms with Gasteiger partial charge in [0.25, 0.3) is 0 Å². The summed E-state index contributed by atoms with van der Waals surface area (Å²) in [7, 11) is -4.14. The molecule has 0 saturated heterocycles. The SMILES string of the molecule is Cc1ccc(C(=O)OCc2ccccc2)c(OP(=O)(OCc2ccccc2)OCc2ccccc2)c1. The second kappa shape index (κ2) is 12.3. The number of phosphoric ester groups is 1. The van der Waals surface area contributed by atoms with Crippen LogP contribution < -0.4 is 4.52 Å². The fourth-order valence-electron chi connectivity index (χ4n) is 3.34. The number of phosphoric acid groups is 1. The van der Waals surface area contributed by atoms with E-state index in [0.29, 0.717) is 0 Å². The highest BCUT2D eigenvalue weighted by Crippen LogP contribution is 2.51. The van der Waals surface area contributed by atoms with Crippen molar-refractivity contribution in [1.82, 2.24) is 0 Å². The van der Waals surface area contributed by atoms with Crippen LogP contribution in [0.4, 0.5) is 0 Å². The number of carbonyl (C=O) groups excluding carboxylic acids is 1. The van der Waals surface area contributed by atoms with E-state index >= 15 is 0 Å². The minimum atomic E-state index is -4.14. The molecule has 0 spiro atoms. The summed E-state index contributed by atoms with van der Waals surface area (Å²) in [6, 6.07) is 32.9. The van der Waals surface area contributed by atoms with Gasteiger partial charge in [-0.3, -0.25) is 9.05 Å². The van der Waals surface area contributed by atoms with Gasteiger partial charge in [0, 0.05) is 0 Å². The maximum atomic E-state index is 13.8. The molecule has 0 saturated carbocycles. The van der Waals surface area contributed by atoms with E-state index in [1.807, 2.05) is 97.9 Å². The number of aryl methyl sites for hydroxylation is 1. The van der Waals surface area contributed by atoms with Crippen molar-refractivity contribution in [2.45, 2.75) is 26.7 Å². The largest absolute Gasteiger partial charge is 0.530 e. The van der Waals surface area contributed by atoms with Crippen LogP contribution in [0.1, 0.15) is 32.6 Å². The van der Waals surface area contributed by atoms with E-state index in [4.69, 9.17) is 18.3 Å². The van der Waals surface area contributed by atoms with Crippen LogP contribution in [0.15, 0.2) is 109 Å². The third-order valence-corrected chi connectivity index (χ3v) is 6.56. The van der Waals surface area contributed by atoms with Crippen molar-refractivity contribution in [2.75, 3.05) is 0 Å². The molecule has 4 rings (SSSR count). The molecule has 0 aliphatic heterocycles. The molecule has 0 fully saturated rings. The molecular weight excluding hydrogens is 475 g/mol. The zero-order valence-electron chi connectivity index (χ0n) is 19.9. The molecule has 4 aromatic rings. The molecule has 0 bridgehead atoms. The van der Waals surface area contributed by atoms with E-state index in [9.17, 15) is 9.36 Å². The molecule has 0 heterocycles. The predicted octanol–water partition coefficient (Wildman–Crippen LogP) is 7.27. The second-order valence-electron chi connectivity index (χ2n) is 8.12. The van der Waals surface area contributed by atoms with Gasteiger partial charge in [-0.1, -0.05) is 97.1 Å². The number of rotatable bonds is 11. The van der Waals surface area contributed by atoms with Gasteiger partial charge in [0.05, 0.1) is 13.2 Å². The van der Waals surface area contributed by atoms with Crippen LogP contribution in [0.5, 0.6) is 5.75 Å². The van der Waals surface area contributed by atoms with Gasteiger partial charge >= 0.3 is 13.8 Å². The minimum absolute atomic E-state index is 0.00646. The number of benzene rings is 4. The predicted molar refractivity (Wildman–Crippen MR) is 137 cm³/mol. The van der Waals surface area contributed by atoms with Crippen LogP contribution in [0.3, 0.4) is 0 Å². The lowest BCUT2D eigenvalue weighted by Gasteiger charge is -2.20. The highest BCUT2D eigenvalue weighted by Gasteiger charge is 2.31. The molecule has 184 valence electrons. The molecule has 0 aliphatic carbocycles. The molecule has 0 amide bonds. The molecule has 0 aliphatic rings. The van der Waals surface area contributed by atoms with Crippen LogP contribution in [0.25, 0.3) is 0 Å². The monoisotopic (exact) mass is 502 g/mol. The van der Waals surface area contributed by atoms with Crippen molar-refractivity contribution in [1.29, 1.82) is 0 Å². The quantitative estimate of drug-likeness (QED) is 0.159. The number of carbonyl (C=O) groups is 1. The first kappa shape index (κ1) is 25.4. The number of ether oxygens (including phenoxy) is 1. The average molecular weight is 503 g/mol. The Labute approximate surface area is 211 Å². The van der Waals surface area contributed by atoms with Crippen LogP contribution >= 0.6 is 7.82 Å². The van der Waals surface area contributed by atoms with Crippen LogP contribution in [0, 0.1) is 6.92 Å². The van der Waals surface area contributed by atoms with Crippen LogP contribution in [0.2, 0.25) is 0 Å². The lowest BCUT2D eigenvalue weighted by Crippen LogP contribution is -2.10. The number of esters is 1. The second-order valence-corrected chi connectivity index (χ2v) is 9.71. The lowest BCUT2D eigenvalue weighted by molar-refractivity contribution is 0.0469. The minimum Gasteiger partial charge on any atom is -0.457 e. The van der Waals surface area contributed by atoms with Crippen LogP contribution in [-0.4, -0.2) is 5.97 Å². The van der Waals surface area contributed by atoms with Crippen molar-refractivity contribution in [3.63, 3.8) is 0 Å². The highest BCUT2D eigenvalue weighted by atomic mass is 31.2. The van der Waals surface area contributed by atoms with Crippen molar-refractivity contribution < 1.29 is 27.7 Å². The summed E-state index contributed by atoms with van der Waals surface area (Å²) in [6.07, 6.45) is 0. The van der Waals surface area contributed by atoms with Crippen molar-refractivity contribution in [3.8, 4) is 5.75 Å². The summed E-state index contributed by atoms with van der Waals surface area (Å²) in [5.74, 6) is -0.538. The fraction of sp³-hybridized carbons (Fsp3) is 0.138. The Morgan fingerprint density at radius 1 is 0.667 bits per heavy atom. The summed E-state index contributed by atoms with van der Waals surface area (Å²) in [4.78, 5) is 12.9. The Hall–Kier alpha value is -3.70. The zero-order chi connectivity index (χ0) is 25.2. The lowest BCUT2D eigenvalue weighted by atomic mass is 10.1. The normalized spacial score (nSPS) is 11.1. The Kier molecular flexibility index (Phi) is 8.69. The van der Waals surface area contributed by atoms with Crippen LogP contribution in [-0.2, 0) is 38.2 Å². The van der Waals surface area contributed by atoms with E-state index < -0.39 is 13.8 Å². The third-order valence-electron chi connectivity index (χ3n) is 5.24. The smallest absolute Gasteiger partial charge is 0.457 e. The molecule has 6 nitrogen and oxygen atoms in total. The Balaban J connectivity index is 1.55. The summed E-state index contributed by atoms with van der Waals surface area (Å²) in [5, 5.41) is 0. The Morgan fingerprint density at radius 3 is 1.64 bits per heavy atom.